The van der Waals surface area contributed by atoms with Gasteiger partial charge in [-0.25, -0.2) is 65.9 Å². The van der Waals surface area contributed by atoms with E-state index in [1.165, 1.54) is 5.69 Å². The van der Waals surface area contributed by atoms with Crippen LogP contribution in [0.2, 0.25) is 0 Å². The summed E-state index contributed by atoms with van der Waals surface area (Å²) in [6.45, 7) is 3.00. The van der Waals surface area contributed by atoms with Gasteiger partial charge < -0.3 is 19.6 Å². The Bertz CT molecular complexity index is 2130. The van der Waals surface area contributed by atoms with Crippen molar-refractivity contribution < 1.29 is 80.6 Å². The first-order valence-corrected chi connectivity index (χ1v) is 14.5. The van der Waals surface area contributed by atoms with Gasteiger partial charge in [0.1, 0.15) is 0 Å². The van der Waals surface area contributed by atoms with Gasteiger partial charge in [0.15, 0.2) is 69.8 Å². The zero-order valence-electron chi connectivity index (χ0n) is 26.9. The van der Waals surface area contributed by atoms with Crippen molar-refractivity contribution in [2.45, 2.75) is 11.5 Å². The molecular formula is C34H19BF15NO3. The molecule has 0 aromatic heterocycles. The standard InChI is InChI=1S/C26H8BF15O3.C8H11N/c1-2-26(10-15(32)21(38)25(42)22(39)16(10)33)4-3-5(45-27(43)44)6(7-11(28)17(34)23(40)18(35)12(7)29)9(26)8-13(30)19(36)24(41)20(37)14(8)31;1-9(2)8-6-4-3-5-7-8/h2-5,43-44H,1H2;3-7H,1-2H3. The first-order chi connectivity index (χ1) is 25.2. The van der Waals surface area contributed by atoms with Gasteiger partial charge in [-0.15, -0.1) is 6.58 Å². The van der Waals surface area contributed by atoms with Gasteiger partial charge in [0.2, 0.25) is 17.5 Å². The number of hydrogen-bond acceptors (Lipinski definition) is 4. The summed E-state index contributed by atoms with van der Waals surface area (Å²) < 4.78 is 224. The van der Waals surface area contributed by atoms with Crippen molar-refractivity contribution in [3.63, 3.8) is 0 Å². The molecule has 0 heterocycles. The third-order valence-electron chi connectivity index (χ3n) is 7.93. The van der Waals surface area contributed by atoms with Crippen LogP contribution in [0.1, 0.15) is 16.7 Å². The molecule has 0 amide bonds. The van der Waals surface area contributed by atoms with E-state index >= 15 is 26.3 Å². The second-order valence-corrected chi connectivity index (χ2v) is 11.2. The maximum Gasteiger partial charge on any atom is 0.634 e. The fourth-order valence-corrected chi connectivity index (χ4v) is 5.48. The molecule has 1 aliphatic carbocycles. The SMILES string of the molecule is C=CC1(c2c(F)c(F)c(F)c(F)c2F)C=CC(OB(O)O)C(c2c(F)c(F)c(F)c(F)c2F)=C1c1c(F)c(F)c(F)c(F)c1F.CN(C)c1ccccc1. The summed E-state index contributed by atoms with van der Waals surface area (Å²) in [6.07, 6.45) is -2.55. The molecule has 286 valence electrons. The van der Waals surface area contributed by atoms with Crippen molar-refractivity contribution in [3.8, 4) is 0 Å². The number of para-hydroxylation sites is 1. The Morgan fingerprint density at radius 2 is 0.963 bits per heavy atom. The minimum atomic E-state index is -3.72. The van der Waals surface area contributed by atoms with Crippen LogP contribution in [0.15, 0.2) is 55.1 Å². The van der Waals surface area contributed by atoms with Gasteiger partial charge in [-0.2, -0.15) is 0 Å². The summed E-state index contributed by atoms with van der Waals surface area (Å²) in [5.74, 6) is -43.5. The summed E-state index contributed by atoms with van der Waals surface area (Å²) in [6, 6.07) is 10.3. The first kappa shape index (κ1) is 41.5. The molecule has 2 unspecified atom stereocenters. The second-order valence-electron chi connectivity index (χ2n) is 11.2. The van der Waals surface area contributed by atoms with Gasteiger partial charge >= 0.3 is 7.32 Å². The van der Waals surface area contributed by atoms with E-state index in [0.717, 1.165) is 0 Å². The lowest BCUT2D eigenvalue weighted by Crippen LogP contribution is -2.37. The van der Waals surface area contributed by atoms with E-state index < -0.39 is 134 Å². The first-order valence-electron chi connectivity index (χ1n) is 14.5. The lowest BCUT2D eigenvalue weighted by molar-refractivity contribution is 0.175. The highest BCUT2D eigenvalue weighted by atomic mass is 19.2. The monoisotopic (exact) mass is 785 g/mol. The molecule has 0 fully saturated rings. The van der Waals surface area contributed by atoms with Crippen molar-refractivity contribution in [1.29, 1.82) is 0 Å². The van der Waals surface area contributed by atoms with Crippen molar-refractivity contribution in [2.75, 3.05) is 19.0 Å². The Morgan fingerprint density at radius 3 is 1.31 bits per heavy atom. The Kier molecular flexibility index (Phi) is 12.0. The fourth-order valence-electron chi connectivity index (χ4n) is 5.48. The second kappa shape index (κ2) is 15.6. The molecule has 0 spiro atoms. The summed E-state index contributed by atoms with van der Waals surface area (Å²) in [5, 5.41) is 18.7. The van der Waals surface area contributed by atoms with E-state index in [0.29, 0.717) is 0 Å². The number of allylic oxidation sites excluding steroid dienone is 3. The van der Waals surface area contributed by atoms with Gasteiger partial charge in [-0.05, 0) is 17.7 Å². The molecule has 0 radical (unpaired) electrons. The molecule has 4 aromatic rings. The largest absolute Gasteiger partial charge is 0.634 e. The van der Waals surface area contributed by atoms with Crippen LogP contribution < -0.4 is 4.90 Å². The molecule has 0 aliphatic heterocycles. The normalized spacial score (nSPS) is 16.7. The number of rotatable bonds is 7. The summed E-state index contributed by atoms with van der Waals surface area (Å²) in [4.78, 5) is 2.08. The van der Waals surface area contributed by atoms with Gasteiger partial charge in [0, 0.05) is 30.9 Å². The number of nitrogens with zero attached hydrogens (tertiary/aromatic N) is 1. The average molecular weight is 785 g/mol. The maximum absolute atomic E-state index is 15.4. The predicted octanol–water partition coefficient (Wildman–Crippen LogP) is 8.49. The van der Waals surface area contributed by atoms with Crippen LogP contribution in [0.4, 0.5) is 71.5 Å². The van der Waals surface area contributed by atoms with Gasteiger partial charge in [-0.1, -0.05) is 36.4 Å². The molecule has 2 atom stereocenters. The van der Waals surface area contributed by atoms with E-state index in [-0.39, 0.29) is 18.2 Å². The Labute approximate surface area is 294 Å². The Hall–Kier alpha value is -5.21. The van der Waals surface area contributed by atoms with E-state index in [1.54, 1.807) is 0 Å². The van der Waals surface area contributed by atoms with Crippen LogP contribution in [0.5, 0.6) is 0 Å². The van der Waals surface area contributed by atoms with Crippen LogP contribution in [0.25, 0.3) is 11.1 Å². The van der Waals surface area contributed by atoms with Crippen molar-refractivity contribution in [3.05, 3.63) is 159 Å². The molecule has 4 nitrogen and oxygen atoms in total. The third kappa shape index (κ3) is 6.84. The lowest BCUT2D eigenvalue weighted by atomic mass is 9.64. The topological polar surface area (TPSA) is 52.9 Å². The minimum absolute atomic E-state index is 0.00714. The predicted molar refractivity (Wildman–Crippen MR) is 162 cm³/mol. The highest BCUT2D eigenvalue weighted by molar-refractivity contribution is 6.33. The molecule has 20 heteroatoms. The zero-order valence-corrected chi connectivity index (χ0v) is 26.9. The highest BCUT2D eigenvalue weighted by Gasteiger charge is 2.49. The van der Waals surface area contributed by atoms with Crippen molar-refractivity contribution in [1.82, 2.24) is 0 Å². The lowest BCUT2D eigenvalue weighted by Gasteiger charge is -2.39. The number of anilines is 1. The molecule has 4 aromatic carbocycles. The molecule has 0 bridgehead atoms. The van der Waals surface area contributed by atoms with Crippen LogP contribution in [-0.2, 0) is 10.1 Å². The molecule has 2 N–H and O–H groups in total. The summed E-state index contributed by atoms with van der Waals surface area (Å²) >= 11 is 0. The zero-order chi connectivity index (χ0) is 40.7. The molecule has 54 heavy (non-hydrogen) atoms. The molecular weight excluding hydrogens is 766 g/mol. The number of benzene rings is 4. The Morgan fingerprint density at radius 1 is 0.593 bits per heavy atom. The smallest absolute Gasteiger partial charge is 0.402 e. The summed E-state index contributed by atoms with van der Waals surface area (Å²) in [7, 11) is 0.920. The van der Waals surface area contributed by atoms with Crippen molar-refractivity contribution in [2.24, 2.45) is 0 Å². The third-order valence-corrected chi connectivity index (χ3v) is 7.93. The molecule has 5 rings (SSSR count). The highest BCUT2D eigenvalue weighted by Crippen LogP contribution is 2.54. The summed E-state index contributed by atoms with van der Waals surface area (Å²) in [5.41, 5.74) is -13.8. The van der Waals surface area contributed by atoms with E-state index in [9.17, 15) is 49.6 Å². The average Bonchev–Trinajstić information content (AvgIpc) is 3.15. The Balaban J connectivity index is 0.000000631. The number of hydrogen-bond donors (Lipinski definition) is 2. The van der Waals surface area contributed by atoms with Crippen LogP contribution >= 0.6 is 0 Å². The minimum Gasteiger partial charge on any atom is -0.402 e. The molecule has 0 saturated carbocycles. The van der Waals surface area contributed by atoms with Gasteiger partial charge in [0.25, 0.3) is 0 Å². The van der Waals surface area contributed by atoms with Crippen molar-refractivity contribution >= 4 is 24.2 Å². The van der Waals surface area contributed by atoms with Gasteiger partial charge in [-0.3, -0.25) is 0 Å². The van der Waals surface area contributed by atoms with Crippen LogP contribution in [-0.4, -0.2) is 37.6 Å². The van der Waals surface area contributed by atoms with E-state index in [2.05, 4.69) is 28.3 Å². The fraction of sp³-hybridized carbons (Fsp3) is 0.118. The maximum atomic E-state index is 15.4. The quantitative estimate of drug-likeness (QED) is 0.0650. The van der Waals surface area contributed by atoms with E-state index in [4.69, 9.17) is 0 Å². The molecule has 0 saturated heterocycles. The number of halogens is 15. The molecule has 1 aliphatic rings. The van der Waals surface area contributed by atoms with Gasteiger partial charge in [0.05, 0.1) is 22.6 Å². The van der Waals surface area contributed by atoms with Crippen LogP contribution in [0.3, 0.4) is 0 Å². The van der Waals surface area contributed by atoms with Crippen LogP contribution in [0, 0.1) is 87.3 Å². The van der Waals surface area contributed by atoms with E-state index in [1.807, 2.05) is 32.3 Å².